The lowest BCUT2D eigenvalue weighted by molar-refractivity contribution is -0.139. The molecule has 0 spiro atoms. The van der Waals surface area contributed by atoms with Gasteiger partial charge in [-0.2, -0.15) is 0 Å². The molecule has 0 saturated carbocycles. The molecule has 1 unspecified atom stereocenters. The molecule has 1 heterocycles. The van der Waals surface area contributed by atoms with E-state index < -0.39 is 17.7 Å². The van der Waals surface area contributed by atoms with Crippen molar-refractivity contribution in [3.05, 3.63) is 82.9 Å². The highest BCUT2D eigenvalue weighted by atomic mass is 16.5. The fraction of sp³-hybridized carbons (Fsp3) is 0.333. The van der Waals surface area contributed by atoms with Crippen LogP contribution in [0.25, 0.3) is 5.76 Å². The van der Waals surface area contributed by atoms with Gasteiger partial charge < -0.3 is 19.6 Å². The minimum absolute atomic E-state index is 0.118. The van der Waals surface area contributed by atoms with Crippen LogP contribution in [0.15, 0.2) is 60.7 Å². The van der Waals surface area contributed by atoms with E-state index in [9.17, 15) is 14.7 Å². The summed E-state index contributed by atoms with van der Waals surface area (Å²) in [5.41, 5.74) is 3.28. The smallest absolute Gasteiger partial charge is 0.295 e. The van der Waals surface area contributed by atoms with Gasteiger partial charge in [-0.3, -0.25) is 9.59 Å². The Bertz CT molecular complexity index is 1070. The quantitative estimate of drug-likeness (QED) is 0.269. The number of aliphatic hydroxyl groups excluding tert-OH is 1. The molecule has 0 radical (unpaired) electrons. The maximum Gasteiger partial charge on any atom is 0.295 e. The Hall–Kier alpha value is -3.38. The van der Waals surface area contributed by atoms with Gasteiger partial charge in [0.05, 0.1) is 11.6 Å². The topological polar surface area (TPSA) is 70.1 Å². The number of hydrogen-bond acceptors (Lipinski definition) is 5. The molecule has 0 bridgehead atoms. The van der Waals surface area contributed by atoms with Gasteiger partial charge in [-0.25, -0.2) is 0 Å². The Kier molecular flexibility index (Phi) is 7.71. The number of Topliss-reactive ketones (excluding diaryl/α,β-unsaturated/α-hetero) is 1. The monoisotopic (exact) mass is 448 g/mol. The van der Waals surface area contributed by atoms with Crippen molar-refractivity contribution in [3.63, 3.8) is 0 Å². The van der Waals surface area contributed by atoms with Crippen LogP contribution in [0, 0.1) is 13.8 Å². The Labute approximate surface area is 195 Å². The van der Waals surface area contributed by atoms with Crippen molar-refractivity contribution in [1.29, 1.82) is 0 Å². The van der Waals surface area contributed by atoms with Crippen LogP contribution in [0.2, 0.25) is 0 Å². The van der Waals surface area contributed by atoms with Crippen molar-refractivity contribution < 1.29 is 19.4 Å². The summed E-state index contributed by atoms with van der Waals surface area (Å²) in [7, 11) is 3.94. The van der Waals surface area contributed by atoms with Crippen LogP contribution in [-0.2, 0) is 9.59 Å². The average molecular weight is 449 g/mol. The first-order valence-electron chi connectivity index (χ1n) is 11.1. The molecule has 0 aliphatic carbocycles. The van der Waals surface area contributed by atoms with Crippen LogP contribution in [0.4, 0.5) is 0 Å². The molecule has 1 amide bonds. The number of nitrogens with zero attached hydrogens (tertiary/aromatic N) is 2. The van der Waals surface area contributed by atoms with Crippen LogP contribution >= 0.6 is 0 Å². The SMILES string of the molecule is C=CCOc1ccc(/C(O)=C2\C(=O)C(=O)N(CCCN(C)C)C2c2ccc(C)cc2)cc1C. The van der Waals surface area contributed by atoms with Crippen LogP contribution in [0.5, 0.6) is 5.75 Å². The van der Waals surface area contributed by atoms with Crippen LogP contribution in [0.3, 0.4) is 0 Å². The summed E-state index contributed by atoms with van der Waals surface area (Å²) in [6.07, 6.45) is 2.38. The maximum absolute atomic E-state index is 13.1. The minimum Gasteiger partial charge on any atom is -0.507 e. The zero-order chi connectivity index (χ0) is 24.1. The van der Waals surface area contributed by atoms with Crippen molar-refractivity contribution in [3.8, 4) is 5.75 Å². The van der Waals surface area contributed by atoms with E-state index in [4.69, 9.17) is 4.74 Å². The summed E-state index contributed by atoms with van der Waals surface area (Å²) in [6.45, 7) is 9.08. The van der Waals surface area contributed by atoms with E-state index in [1.807, 2.05) is 57.1 Å². The minimum atomic E-state index is -0.660. The van der Waals surface area contributed by atoms with Crippen LogP contribution in [-0.4, -0.2) is 60.4 Å². The Morgan fingerprint density at radius 2 is 1.85 bits per heavy atom. The van der Waals surface area contributed by atoms with Crippen molar-refractivity contribution in [2.24, 2.45) is 0 Å². The molecule has 6 heteroatoms. The third-order valence-electron chi connectivity index (χ3n) is 5.74. The first kappa shape index (κ1) is 24.3. The molecule has 3 rings (SSSR count). The number of amides is 1. The lowest BCUT2D eigenvalue weighted by atomic mass is 9.94. The van der Waals surface area contributed by atoms with Crippen molar-refractivity contribution in [2.45, 2.75) is 26.3 Å². The van der Waals surface area contributed by atoms with E-state index in [0.717, 1.165) is 29.7 Å². The van der Waals surface area contributed by atoms with Gasteiger partial charge in [0.2, 0.25) is 0 Å². The van der Waals surface area contributed by atoms with Gasteiger partial charge in [-0.05, 0) is 70.2 Å². The normalized spacial score (nSPS) is 17.6. The molecule has 1 saturated heterocycles. The molecule has 1 aliphatic heterocycles. The number of carbonyl (C=O) groups is 2. The highest BCUT2D eigenvalue weighted by Gasteiger charge is 2.45. The van der Waals surface area contributed by atoms with Crippen LogP contribution < -0.4 is 4.74 Å². The van der Waals surface area contributed by atoms with E-state index in [1.165, 1.54) is 0 Å². The standard InChI is InChI=1S/C27H32N2O4/c1-6-16-33-22-13-12-21(17-19(22)3)25(30)23-24(20-10-8-18(2)9-11-20)29(27(32)26(23)31)15-7-14-28(4)5/h6,8-13,17,24,30H,1,7,14-16H2,2-5H3/b25-23+. The van der Waals surface area contributed by atoms with Crippen LogP contribution in [0.1, 0.15) is 34.7 Å². The maximum atomic E-state index is 13.1. The van der Waals surface area contributed by atoms with Gasteiger partial charge in [0.15, 0.2) is 0 Å². The van der Waals surface area contributed by atoms with Crippen molar-refractivity contribution in [1.82, 2.24) is 9.80 Å². The number of hydrogen-bond donors (Lipinski definition) is 1. The molecule has 6 nitrogen and oxygen atoms in total. The van der Waals surface area contributed by atoms with E-state index >= 15 is 0 Å². The molecular formula is C27H32N2O4. The number of likely N-dealkylation sites (tertiary alicyclic amines) is 1. The number of aliphatic hydroxyl groups is 1. The molecule has 174 valence electrons. The Balaban J connectivity index is 2.06. The van der Waals surface area contributed by atoms with Gasteiger partial charge in [0.1, 0.15) is 18.1 Å². The Morgan fingerprint density at radius 3 is 2.45 bits per heavy atom. The molecule has 1 atom stereocenters. The van der Waals surface area contributed by atoms with Gasteiger partial charge >= 0.3 is 0 Å². The number of ether oxygens (including phenoxy) is 1. The summed E-state index contributed by atoms with van der Waals surface area (Å²) in [5.74, 6) is -0.741. The van der Waals surface area contributed by atoms with Crippen molar-refractivity contribution in [2.75, 3.05) is 33.8 Å². The van der Waals surface area contributed by atoms with E-state index in [0.29, 0.717) is 24.5 Å². The third kappa shape index (κ3) is 5.34. The molecule has 1 aliphatic rings. The summed E-state index contributed by atoms with van der Waals surface area (Å²) >= 11 is 0. The third-order valence-corrected chi connectivity index (χ3v) is 5.74. The zero-order valence-corrected chi connectivity index (χ0v) is 19.8. The molecule has 2 aromatic carbocycles. The van der Waals surface area contributed by atoms with Crippen molar-refractivity contribution >= 4 is 17.4 Å². The molecule has 33 heavy (non-hydrogen) atoms. The zero-order valence-electron chi connectivity index (χ0n) is 19.8. The molecule has 1 fully saturated rings. The second kappa shape index (κ2) is 10.5. The molecular weight excluding hydrogens is 416 g/mol. The highest BCUT2D eigenvalue weighted by molar-refractivity contribution is 6.46. The molecule has 0 aromatic heterocycles. The van der Waals surface area contributed by atoms with Gasteiger partial charge in [-0.15, -0.1) is 0 Å². The highest BCUT2D eigenvalue weighted by Crippen LogP contribution is 2.40. The number of ketones is 1. The lowest BCUT2D eigenvalue weighted by Gasteiger charge is -2.26. The lowest BCUT2D eigenvalue weighted by Crippen LogP contribution is -2.32. The second-order valence-corrected chi connectivity index (χ2v) is 8.64. The number of rotatable bonds is 9. The van der Waals surface area contributed by atoms with Gasteiger partial charge in [0.25, 0.3) is 11.7 Å². The predicted molar refractivity (Wildman–Crippen MR) is 130 cm³/mol. The summed E-state index contributed by atoms with van der Waals surface area (Å²) in [5, 5.41) is 11.2. The van der Waals surface area contributed by atoms with E-state index in [1.54, 1.807) is 29.2 Å². The second-order valence-electron chi connectivity index (χ2n) is 8.64. The fourth-order valence-electron chi connectivity index (χ4n) is 4.03. The summed E-state index contributed by atoms with van der Waals surface area (Å²) < 4.78 is 5.62. The number of carbonyl (C=O) groups excluding carboxylic acids is 2. The largest absolute Gasteiger partial charge is 0.507 e. The van der Waals surface area contributed by atoms with Gasteiger partial charge in [-0.1, -0.05) is 42.5 Å². The number of benzene rings is 2. The molecule has 1 N–H and O–H groups in total. The van der Waals surface area contributed by atoms with E-state index in [-0.39, 0.29) is 11.3 Å². The van der Waals surface area contributed by atoms with E-state index in [2.05, 4.69) is 6.58 Å². The number of aryl methyl sites for hydroxylation is 2. The Morgan fingerprint density at radius 1 is 1.15 bits per heavy atom. The van der Waals surface area contributed by atoms with Gasteiger partial charge in [0, 0.05) is 12.1 Å². The molecule has 2 aromatic rings. The fourth-order valence-corrected chi connectivity index (χ4v) is 4.03. The average Bonchev–Trinajstić information content (AvgIpc) is 3.03. The first-order valence-corrected chi connectivity index (χ1v) is 11.1. The first-order chi connectivity index (χ1) is 15.7. The summed E-state index contributed by atoms with van der Waals surface area (Å²) in [4.78, 5) is 29.7. The summed E-state index contributed by atoms with van der Waals surface area (Å²) in [6, 6.07) is 12.3. The predicted octanol–water partition coefficient (Wildman–Crippen LogP) is 4.24.